The maximum Gasteiger partial charge on any atom is 0.0634 e. The van der Waals surface area contributed by atoms with E-state index in [4.69, 9.17) is 9.47 Å². The molecular formula is C11H18O2. The van der Waals surface area contributed by atoms with Crippen LogP contribution in [-0.4, -0.2) is 25.4 Å². The SMILES string of the molecule is C1COC2C(C1)CC1CC2CCO1. The van der Waals surface area contributed by atoms with E-state index >= 15 is 0 Å². The average molecular weight is 182 g/mol. The molecule has 2 aliphatic heterocycles. The average Bonchev–Trinajstić information content (AvgIpc) is 2.18. The van der Waals surface area contributed by atoms with Crippen molar-refractivity contribution in [3.63, 3.8) is 0 Å². The summed E-state index contributed by atoms with van der Waals surface area (Å²) < 4.78 is 11.7. The van der Waals surface area contributed by atoms with E-state index in [1.165, 1.54) is 32.1 Å². The Morgan fingerprint density at radius 1 is 0.846 bits per heavy atom. The zero-order chi connectivity index (χ0) is 8.67. The van der Waals surface area contributed by atoms with Gasteiger partial charge < -0.3 is 9.47 Å². The van der Waals surface area contributed by atoms with Gasteiger partial charge in [0.2, 0.25) is 0 Å². The number of fused-ring (bicyclic) bond motifs is 4. The maximum absolute atomic E-state index is 5.91. The van der Waals surface area contributed by atoms with Crippen molar-refractivity contribution in [2.45, 2.75) is 44.3 Å². The molecule has 3 rings (SSSR count). The second kappa shape index (κ2) is 3.25. The minimum Gasteiger partial charge on any atom is -0.378 e. The molecule has 0 spiro atoms. The highest BCUT2D eigenvalue weighted by Gasteiger charge is 2.42. The Bertz CT molecular complexity index is 189. The van der Waals surface area contributed by atoms with Crippen LogP contribution in [0.1, 0.15) is 32.1 Å². The summed E-state index contributed by atoms with van der Waals surface area (Å²) in [6.07, 6.45) is 7.57. The van der Waals surface area contributed by atoms with Crippen molar-refractivity contribution in [1.82, 2.24) is 0 Å². The second-order valence-corrected chi connectivity index (χ2v) is 4.75. The number of hydrogen-bond acceptors (Lipinski definition) is 2. The first-order chi connectivity index (χ1) is 6.43. The van der Waals surface area contributed by atoms with E-state index < -0.39 is 0 Å². The van der Waals surface area contributed by atoms with Gasteiger partial charge in [0.15, 0.2) is 0 Å². The lowest BCUT2D eigenvalue weighted by molar-refractivity contribution is -0.150. The quantitative estimate of drug-likeness (QED) is 0.570. The summed E-state index contributed by atoms with van der Waals surface area (Å²) in [6, 6.07) is 0. The van der Waals surface area contributed by atoms with Gasteiger partial charge in [0.25, 0.3) is 0 Å². The van der Waals surface area contributed by atoms with Crippen molar-refractivity contribution >= 4 is 0 Å². The third-order valence-corrected chi connectivity index (χ3v) is 3.93. The van der Waals surface area contributed by atoms with Gasteiger partial charge in [-0.2, -0.15) is 0 Å². The van der Waals surface area contributed by atoms with Crippen LogP contribution in [-0.2, 0) is 9.47 Å². The number of hydrogen-bond donors (Lipinski definition) is 0. The summed E-state index contributed by atoms with van der Waals surface area (Å²) in [5.41, 5.74) is 0. The molecule has 0 aromatic carbocycles. The second-order valence-electron chi connectivity index (χ2n) is 4.75. The van der Waals surface area contributed by atoms with E-state index in [-0.39, 0.29) is 0 Å². The molecule has 3 fully saturated rings. The molecule has 0 N–H and O–H groups in total. The Kier molecular flexibility index (Phi) is 2.06. The lowest BCUT2D eigenvalue weighted by Crippen LogP contribution is -2.47. The maximum atomic E-state index is 5.91. The molecule has 4 unspecified atom stereocenters. The summed E-state index contributed by atoms with van der Waals surface area (Å²) >= 11 is 0. The molecular weight excluding hydrogens is 164 g/mol. The van der Waals surface area contributed by atoms with Gasteiger partial charge in [0, 0.05) is 13.2 Å². The van der Waals surface area contributed by atoms with Gasteiger partial charge in [-0.05, 0) is 43.9 Å². The molecule has 1 saturated carbocycles. The van der Waals surface area contributed by atoms with Crippen LogP contribution < -0.4 is 0 Å². The smallest absolute Gasteiger partial charge is 0.0634 e. The Morgan fingerprint density at radius 3 is 2.62 bits per heavy atom. The zero-order valence-electron chi connectivity index (χ0n) is 8.08. The summed E-state index contributed by atoms with van der Waals surface area (Å²) in [6.45, 7) is 1.98. The normalized spacial score (nSPS) is 49.8. The third kappa shape index (κ3) is 1.40. The fraction of sp³-hybridized carbons (Fsp3) is 1.00. The summed E-state index contributed by atoms with van der Waals surface area (Å²) in [5, 5.41) is 0. The van der Waals surface area contributed by atoms with E-state index in [1.54, 1.807) is 0 Å². The summed E-state index contributed by atoms with van der Waals surface area (Å²) in [7, 11) is 0. The van der Waals surface area contributed by atoms with Crippen LogP contribution in [0.25, 0.3) is 0 Å². The molecule has 2 bridgehead atoms. The summed E-state index contributed by atoms with van der Waals surface area (Å²) in [5.74, 6) is 1.63. The van der Waals surface area contributed by atoms with Crippen LogP contribution in [0.2, 0.25) is 0 Å². The van der Waals surface area contributed by atoms with Crippen molar-refractivity contribution in [3.8, 4) is 0 Å². The Labute approximate surface area is 79.6 Å². The monoisotopic (exact) mass is 182 g/mol. The van der Waals surface area contributed by atoms with Crippen molar-refractivity contribution < 1.29 is 9.47 Å². The first-order valence-corrected chi connectivity index (χ1v) is 5.66. The molecule has 2 saturated heterocycles. The van der Waals surface area contributed by atoms with Crippen molar-refractivity contribution in [1.29, 1.82) is 0 Å². The van der Waals surface area contributed by atoms with Crippen LogP contribution in [0, 0.1) is 11.8 Å². The number of ether oxygens (including phenoxy) is 2. The van der Waals surface area contributed by atoms with Crippen LogP contribution in [0.3, 0.4) is 0 Å². The minimum absolute atomic E-state index is 0.571. The predicted octanol–water partition coefficient (Wildman–Crippen LogP) is 1.98. The molecule has 3 aliphatic rings. The van der Waals surface area contributed by atoms with Crippen molar-refractivity contribution in [3.05, 3.63) is 0 Å². The fourth-order valence-corrected chi connectivity index (χ4v) is 3.35. The molecule has 1 aliphatic carbocycles. The van der Waals surface area contributed by atoms with Crippen LogP contribution in [0.15, 0.2) is 0 Å². The van der Waals surface area contributed by atoms with Gasteiger partial charge in [-0.15, -0.1) is 0 Å². The molecule has 0 aromatic rings. The van der Waals surface area contributed by atoms with Gasteiger partial charge in [0.1, 0.15) is 0 Å². The molecule has 0 aromatic heterocycles. The van der Waals surface area contributed by atoms with Crippen molar-refractivity contribution in [2.75, 3.05) is 13.2 Å². The third-order valence-electron chi connectivity index (χ3n) is 3.93. The molecule has 13 heavy (non-hydrogen) atoms. The van der Waals surface area contributed by atoms with Crippen LogP contribution >= 0.6 is 0 Å². The standard InChI is InChI=1S/C11H18O2/c1-2-8-6-10-7-9(3-5-12-10)11(8)13-4-1/h8-11H,1-7H2. The Balaban J connectivity index is 1.77. The molecule has 0 radical (unpaired) electrons. The fourth-order valence-electron chi connectivity index (χ4n) is 3.35. The van der Waals surface area contributed by atoms with E-state index in [0.29, 0.717) is 12.2 Å². The molecule has 2 heterocycles. The van der Waals surface area contributed by atoms with E-state index in [1.807, 2.05) is 0 Å². The van der Waals surface area contributed by atoms with Crippen LogP contribution in [0.5, 0.6) is 0 Å². The van der Waals surface area contributed by atoms with E-state index in [9.17, 15) is 0 Å². The van der Waals surface area contributed by atoms with Crippen LogP contribution in [0.4, 0.5) is 0 Å². The van der Waals surface area contributed by atoms with Gasteiger partial charge in [0.05, 0.1) is 12.2 Å². The van der Waals surface area contributed by atoms with Gasteiger partial charge in [-0.25, -0.2) is 0 Å². The van der Waals surface area contributed by atoms with Gasteiger partial charge in [-0.3, -0.25) is 0 Å². The van der Waals surface area contributed by atoms with E-state index in [0.717, 1.165) is 25.0 Å². The highest BCUT2D eigenvalue weighted by Crippen LogP contribution is 2.42. The predicted molar refractivity (Wildman–Crippen MR) is 49.5 cm³/mol. The molecule has 2 heteroatoms. The first-order valence-electron chi connectivity index (χ1n) is 5.66. The lowest BCUT2D eigenvalue weighted by Gasteiger charge is -2.46. The summed E-state index contributed by atoms with van der Waals surface area (Å²) in [4.78, 5) is 0. The Hall–Kier alpha value is -0.0800. The van der Waals surface area contributed by atoms with Gasteiger partial charge in [-0.1, -0.05) is 0 Å². The topological polar surface area (TPSA) is 18.5 Å². The first kappa shape index (κ1) is 8.25. The minimum atomic E-state index is 0.571. The van der Waals surface area contributed by atoms with Gasteiger partial charge >= 0.3 is 0 Å². The molecule has 0 amide bonds. The highest BCUT2D eigenvalue weighted by molar-refractivity contribution is 4.91. The largest absolute Gasteiger partial charge is 0.378 e. The van der Waals surface area contributed by atoms with E-state index in [2.05, 4.69) is 0 Å². The molecule has 2 nitrogen and oxygen atoms in total. The highest BCUT2D eigenvalue weighted by atomic mass is 16.5. The Morgan fingerprint density at radius 2 is 1.69 bits per heavy atom. The number of rotatable bonds is 0. The lowest BCUT2D eigenvalue weighted by atomic mass is 9.72. The zero-order valence-corrected chi connectivity index (χ0v) is 8.08. The molecule has 4 atom stereocenters. The molecule has 74 valence electrons. The van der Waals surface area contributed by atoms with Crippen molar-refractivity contribution in [2.24, 2.45) is 11.8 Å².